The lowest BCUT2D eigenvalue weighted by atomic mass is 10.0. The number of ether oxygens (including phenoxy) is 1. The molecular formula is C30H47N3O5. The molecule has 1 aromatic carbocycles. The van der Waals surface area contributed by atoms with Gasteiger partial charge in [-0.2, -0.15) is 0 Å². The van der Waals surface area contributed by atoms with Gasteiger partial charge in [0, 0.05) is 18.7 Å². The average Bonchev–Trinajstić information content (AvgIpc) is 2.87. The Morgan fingerprint density at radius 1 is 1.00 bits per heavy atom. The number of unbranched alkanes of at least 4 members (excludes halogenated alkanes) is 6. The van der Waals surface area contributed by atoms with Crippen molar-refractivity contribution in [3.63, 3.8) is 0 Å². The number of carbonyl (C=O) groups is 3. The molecule has 3 amide bonds. The molecule has 0 heterocycles. The Balaban J connectivity index is 3.32. The molecule has 8 nitrogen and oxygen atoms in total. The summed E-state index contributed by atoms with van der Waals surface area (Å²) < 4.78 is 5.29. The summed E-state index contributed by atoms with van der Waals surface area (Å²) in [5, 5.41) is 15.5. The van der Waals surface area contributed by atoms with Crippen LogP contribution >= 0.6 is 0 Å². The third-order valence-corrected chi connectivity index (χ3v) is 5.99. The number of hydrogen-bond acceptors (Lipinski definition) is 5. The maximum absolute atomic E-state index is 13.8. The third-order valence-electron chi connectivity index (χ3n) is 5.99. The molecule has 0 aliphatic heterocycles. The normalized spacial score (nSPS) is 12.7. The van der Waals surface area contributed by atoms with E-state index in [1.54, 1.807) is 45.0 Å². The molecule has 0 spiro atoms. The van der Waals surface area contributed by atoms with Gasteiger partial charge in [-0.25, -0.2) is 4.79 Å². The van der Waals surface area contributed by atoms with Crippen molar-refractivity contribution in [1.29, 1.82) is 0 Å². The van der Waals surface area contributed by atoms with Crippen LogP contribution in [0.2, 0.25) is 0 Å². The second kappa shape index (κ2) is 17.5. The van der Waals surface area contributed by atoms with E-state index in [1.807, 2.05) is 6.92 Å². The third kappa shape index (κ3) is 12.0. The van der Waals surface area contributed by atoms with Crippen molar-refractivity contribution in [2.45, 2.75) is 104 Å². The molecule has 0 bridgehead atoms. The van der Waals surface area contributed by atoms with Crippen molar-refractivity contribution in [2.75, 3.05) is 19.7 Å². The maximum atomic E-state index is 13.8. The number of terminal acetylenes is 1. The molecule has 0 saturated heterocycles. The van der Waals surface area contributed by atoms with Crippen LogP contribution in [0.1, 0.15) is 103 Å². The second-order valence-corrected chi connectivity index (χ2v) is 10.5. The topological polar surface area (TPSA) is 108 Å². The van der Waals surface area contributed by atoms with Gasteiger partial charge in [0.25, 0.3) is 0 Å². The highest BCUT2D eigenvalue weighted by atomic mass is 16.6. The number of aliphatic hydroxyl groups is 1. The quantitative estimate of drug-likeness (QED) is 0.213. The van der Waals surface area contributed by atoms with Crippen LogP contribution in [0.4, 0.5) is 4.79 Å². The van der Waals surface area contributed by atoms with Gasteiger partial charge in [-0.05, 0) is 51.3 Å². The number of carbonyl (C=O) groups excluding carboxylic acids is 3. The number of benzene rings is 1. The van der Waals surface area contributed by atoms with E-state index in [4.69, 9.17) is 11.2 Å². The number of aliphatic hydroxyl groups excluding tert-OH is 1. The van der Waals surface area contributed by atoms with E-state index in [-0.39, 0.29) is 5.91 Å². The summed E-state index contributed by atoms with van der Waals surface area (Å²) in [6.07, 6.45) is 12.4. The molecule has 1 rings (SSSR count). The number of nitrogens with zero attached hydrogens (tertiary/aromatic N) is 1. The fourth-order valence-electron chi connectivity index (χ4n) is 3.98. The van der Waals surface area contributed by atoms with Crippen LogP contribution in [0.5, 0.6) is 0 Å². The van der Waals surface area contributed by atoms with Gasteiger partial charge in [0.1, 0.15) is 17.7 Å². The Labute approximate surface area is 228 Å². The minimum atomic E-state index is -1.26. The molecule has 0 aliphatic rings. The largest absolute Gasteiger partial charge is 0.444 e. The van der Waals surface area contributed by atoms with Crippen molar-refractivity contribution >= 4 is 17.9 Å². The van der Waals surface area contributed by atoms with Gasteiger partial charge >= 0.3 is 6.09 Å². The Bertz CT molecular complexity index is 902. The van der Waals surface area contributed by atoms with E-state index >= 15 is 0 Å². The monoisotopic (exact) mass is 529 g/mol. The maximum Gasteiger partial charge on any atom is 0.408 e. The summed E-state index contributed by atoms with van der Waals surface area (Å²) in [5.74, 6) is 1.70. The Hall–Kier alpha value is -3.05. The average molecular weight is 530 g/mol. The van der Waals surface area contributed by atoms with Gasteiger partial charge in [0.05, 0.1) is 6.61 Å². The van der Waals surface area contributed by atoms with Crippen molar-refractivity contribution in [1.82, 2.24) is 15.5 Å². The summed E-state index contributed by atoms with van der Waals surface area (Å²) in [4.78, 5) is 41.2. The van der Waals surface area contributed by atoms with Crippen molar-refractivity contribution in [3.8, 4) is 12.3 Å². The van der Waals surface area contributed by atoms with Crippen LogP contribution in [-0.4, -0.2) is 59.3 Å². The first kappa shape index (κ1) is 33.0. The summed E-state index contributed by atoms with van der Waals surface area (Å²) >= 11 is 0. The summed E-state index contributed by atoms with van der Waals surface area (Å²) in [6.45, 7) is 9.46. The van der Waals surface area contributed by atoms with Crippen LogP contribution in [0, 0.1) is 12.3 Å². The molecule has 212 valence electrons. The smallest absolute Gasteiger partial charge is 0.408 e. The molecule has 2 atom stereocenters. The molecule has 3 N–H and O–H groups in total. The molecule has 1 aromatic rings. The Morgan fingerprint density at radius 3 is 2.16 bits per heavy atom. The molecule has 0 fully saturated rings. The lowest BCUT2D eigenvalue weighted by Crippen LogP contribution is -2.54. The number of rotatable bonds is 16. The van der Waals surface area contributed by atoms with E-state index in [9.17, 15) is 19.5 Å². The summed E-state index contributed by atoms with van der Waals surface area (Å²) in [7, 11) is 0. The van der Waals surface area contributed by atoms with Crippen LogP contribution in [0.3, 0.4) is 0 Å². The van der Waals surface area contributed by atoms with E-state index < -0.39 is 36.3 Å². The first-order valence-corrected chi connectivity index (χ1v) is 13.8. The van der Waals surface area contributed by atoms with Gasteiger partial charge < -0.3 is 25.4 Å². The molecule has 8 heteroatoms. The predicted molar refractivity (Wildman–Crippen MR) is 150 cm³/mol. The molecule has 0 aromatic heterocycles. The Kier molecular flexibility index (Phi) is 15.2. The zero-order chi connectivity index (χ0) is 28.6. The van der Waals surface area contributed by atoms with Gasteiger partial charge in [-0.3, -0.25) is 9.59 Å². The van der Waals surface area contributed by atoms with Gasteiger partial charge in [-0.15, -0.1) is 6.42 Å². The zero-order valence-electron chi connectivity index (χ0n) is 23.8. The number of amides is 3. The zero-order valence-corrected chi connectivity index (χ0v) is 23.8. The number of hydrogen-bond donors (Lipinski definition) is 3. The first-order valence-electron chi connectivity index (χ1n) is 13.8. The standard InChI is InChI=1S/C30H47N3O5/c1-7-10-12-13-14-15-21-33(28(36)25(22-34)32-29(37)38-30(4,5)6)26(27(35)31-20-11-8-2)24-18-16-23(9-3)17-19-24/h3,16-19,25-26,34H,7-8,10-15,20-22H2,1-2,4-6H3,(H,31,35)(H,32,37). The Morgan fingerprint density at radius 2 is 1.61 bits per heavy atom. The molecule has 0 saturated carbocycles. The van der Waals surface area contributed by atoms with Crippen molar-refractivity contribution in [2.24, 2.45) is 0 Å². The van der Waals surface area contributed by atoms with E-state index in [0.717, 1.165) is 44.9 Å². The van der Waals surface area contributed by atoms with Gasteiger partial charge in [-0.1, -0.05) is 70.4 Å². The SMILES string of the molecule is C#Cc1ccc(C(C(=O)NCCCC)N(CCCCCCCC)C(=O)C(CO)NC(=O)OC(C)(C)C)cc1. The van der Waals surface area contributed by atoms with Crippen LogP contribution < -0.4 is 10.6 Å². The van der Waals surface area contributed by atoms with Crippen molar-refractivity contribution < 1.29 is 24.2 Å². The second-order valence-electron chi connectivity index (χ2n) is 10.5. The van der Waals surface area contributed by atoms with Gasteiger partial charge in [0.15, 0.2) is 0 Å². The molecule has 2 unspecified atom stereocenters. The van der Waals surface area contributed by atoms with Gasteiger partial charge in [0.2, 0.25) is 11.8 Å². The molecule has 0 aliphatic carbocycles. The van der Waals surface area contributed by atoms with Crippen LogP contribution in [0.15, 0.2) is 24.3 Å². The lowest BCUT2D eigenvalue weighted by molar-refractivity contribution is -0.143. The summed E-state index contributed by atoms with van der Waals surface area (Å²) in [6, 6.07) is 4.75. The molecule has 38 heavy (non-hydrogen) atoms. The predicted octanol–water partition coefficient (Wildman–Crippen LogP) is 4.70. The minimum absolute atomic E-state index is 0.292. The fraction of sp³-hybridized carbons (Fsp3) is 0.633. The highest BCUT2D eigenvalue weighted by Gasteiger charge is 2.35. The highest BCUT2D eigenvalue weighted by molar-refractivity contribution is 5.92. The fourth-order valence-corrected chi connectivity index (χ4v) is 3.98. The highest BCUT2D eigenvalue weighted by Crippen LogP contribution is 2.24. The van der Waals surface area contributed by atoms with Crippen LogP contribution in [-0.2, 0) is 14.3 Å². The molecular weight excluding hydrogens is 482 g/mol. The number of alkyl carbamates (subject to hydrolysis) is 1. The van der Waals surface area contributed by atoms with E-state index in [2.05, 4.69) is 23.5 Å². The van der Waals surface area contributed by atoms with Crippen LogP contribution in [0.25, 0.3) is 0 Å². The molecule has 0 radical (unpaired) electrons. The van der Waals surface area contributed by atoms with Crippen molar-refractivity contribution in [3.05, 3.63) is 35.4 Å². The minimum Gasteiger partial charge on any atom is -0.444 e. The lowest BCUT2D eigenvalue weighted by Gasteiger charge is -2.34. The summed E-state index contributed by atoms with van der Waals surface area (Å²) in [5.41, 5.74) is 0.491. The van der Waals surface area contributed by atoms with E-state index in [1.165, 1.54) is 4.90 Å². The van der Waals surface area contributed by atoms with E-state index in [0.29, 0.717) is 30.6 Å². The number of nitrogens with one attached hydrogen (secondary N) is 2. The first-order chi connectivity index (χ1) is 18.1.